The number of nitrogens with two attached hydrogens (primary N) is 1. The Kier molecular flexibility index (Phi) is 7.64. The van der Waals surface area contributed by atoms with Gasteiger partial charge in [0, 0.05) is 31.6 Å². The summed E-state index contributed by atoms with van der Waals surface area (Å²) in [5.74, 6) is 0.373. The van der Waals surface area contributed by atoms with Gasteiger partial charge in [0.2, 0.25) is 5.91 Å². The summed E-state index contributed by atoms with van der Waals surface area (Å²) in [6.45, 7) is 4.22. The molecule has 0 aliphatic carbocycles. The summed E-state index contributed by atoms with van der Waals surface area (Å²) < 4.78 is 0. The van der Waals surface area contributed by atoms with Crippen LogP contribution in [0.3, 0.4) is 0 Å². The van der Waals surface area contributed by atoms with Crippen LogP contribution in [0.15, 0.2) is 60.7 Å². The number of carbonyl (C=O) groups is 1. The van der Waals surface area contributed by atoms with Crippen molar-refractivity contribution in [3.05, 3.63) is 71.8 Å². The Bertz CT molecular complexity index is 680. The van der Waals surface area contributed by atoms with Gasteiger partial charge in [-0.1, -0.05) is 60.7 Å². The van der Waals surface area contributed by atoms with Crippen molar-refractivity contribution in [1.82, 2.24) is 10.2 Å². The van der Waals surface area contributed by atoms with Crippen molar-refractivity contribution in [2.24, 2.45) is 5.73 Å². The molecule has 3 rings (SSSR count). The summed E-state index contributed by atoms with van der Waals surface area (Å²) in [4.78, 5) is 14.7. The third kappa shape index (κ3) is 5.07. The standard InChI is InChI=1S/C21H27N3O.ClH/c1-16(21(25)23-13-12-17-8-4-2-5-9-17)24-14-19(20(22)15-24)18-10-6-3-7-11-18;/h2-11,16,19-20H,12-15,22H2,1H3,(H,23,25);1H/t16?,19-,20+;/m0./s1. The molecular weight excluding hydrogens is 346 g/mol. The summed E-state index contributed by atoms with van der Waals surface area (Å²) in [5.41, 5.74) is 8.84. The zero-order chi connectivity index (χ0) is 17.6. The average molecular weight is 374 g/mol. The highest BCUT2D eigenvalue weighted by molar-refractivity contribution is 5.85. The van der Waals surface area contributed by atoms with E-state index in [0.29, 0.717) is 12.5 Å². The van der Waals surface area contributed by atoms with Gasteiger partial charge in [-0.25, -0.2) is 0 Å². The van der Waals surface area contributed by atoms with E-state index in [0.717, 1.165) is 19.5 Å². The molecule has 2 aromatic rings. The SMILES string of the molecule is CC(C(=O)NCCc1ccccc1)N1C[C@@H](N)[C@H](c2ccccc2)C1.Cl. The number of halogens is 1. The van der Waals surface area contributed by atoms with Crippen LogP contribution in [0.25, 0.3) is 0 Å². The van der Waals surface area contributed by atoms with Crippen LogP contribution in [0, 0.1) is 0 Å². The molecule has 2 aromatic carbocycles. The Morgan fingerprint density at radius 3 is 2.38 bits per heavy atom. The van der Waals surface area contributed by atoms with Gasteiger partial charge in [0.1, 0.15) is 0 Å². The molecule has 3 N–H and O–H groups in total. The molecule has 1 fully saturated rings. The number of hydrogen-bond acceptors (Lipinski definition) is 3. The maximum absolute atomic E-state index is 12.5. The van der Waals surface area contributed by atoms with E-state index in [2.05, 4.69) is 34.5 Å². The van der Waals surface area contributed by atoms with Gasteiger partial charge >= 0.3 is 0 Å². The highest BCUT2D eigenvalue weighted by atomic mass is 35.5. The quantitative estimate of drug-likeness (QED) is 0.818. The van der Waals surface area contributed by atoms with Crippen molar-refractivity contribution in [3.8, 4) is 0 Å². The molecule has 1 heterocycles. The predicted molar refractivity (Wildman–Crippen MR) is 109 cm³/mol. The van der Waals surface area contributed by atoms with Crippen LogP contribution in [-0.2, 0) is 11.2 Å². The lowest BCUT2D eigenvalue weighted by atomic mass is 9.95. The third-order valence-electron chi connectivity index (χ3n) is 5.10. The van der Waals surface area contributed by atoms with E-state index >= 15 is 0 Å². The monoisotopic (exact) mass is 373 g/mol. The van der Waals surface area contributed by atoms with Gasteiger partial charge in [0.05, 0.1) is 6.04 Å². The normalized spacial score (nSPS) is 21.0. The first-order chi connectivity index (χ1) is 12.1. The van der Waals surface area contributed by atoms with Crippen molar-refractivity contribution in [2.45, 2.75) is 31.3 Å². The summed E-state index contributed by atoms with van der Waals surface area (Å²) in [6, 6.07) is 20.5. The van der Waals surface area contributed by atoms with E-state index in [9.17, 15) is 4.79 Å². The molecule has 26 heavy (non-hydrogen) atoms. The Labute approximate surface area is 162 Å². The first-order valence-electron chi connectivity index (χ1n) is 9.01. The summed E-state index contributed by atoms with van der Waals surface area (Å²) in [5, 5.41) is 3.06. The Morgan fingerprint density at radius 2 is 1.73 bits per heavy atom. The number of carbonyl (C=O) groups excluding carboxylic acids is 1. The van der Waals surface area contributed by atoms with E-state index in [-0.39, 0.29) is 30.4 Å². The van der Waals surface area contributed by atoms with E-state index < -0.39 is 0 Å². The number of benzene rings is 2. The zero-order valence-electron chi connectivity index (χ0n) is 15.2. The molecule has 140 valence electrons. The average Bonchev–Trinajstić information content (AvgIpc) is 3.04. The van der Waals surface area contributed by atoms with Crippen LogP contribution in [-0.4, -0.2) is 42.5 Å². The van der Waals surface area contributed by atoms with Gasteiger partial charge < -0.3 is 11.1 Å². The van der Waals surface area contributed by atoms with Gasteiger partial charge in [0.15, 0.2) is 0 Å². The summed E-state index contributed by atoms with van der Waals surface area (Å²) in [7, 11) is 0. The maximum Gasteiger partial charge on any atom is 0.237 e. The van der Waals surface area contributed by atoms with Crippen LogP contribution in [0.2, 0.25) is 0 Å². The Hall–Kier alpha value is -1.88. The van der Waals surface area contributed by atoms with Crippen LogP contribution >= 0.6 is 12.4 Å². The fourth-order valence-corrected chi connectivity index (χ4v) is 3.52. The largest absolute Gasteiger partial charge is 0.354 e. The van der Waals surface area contributed by atoms with Crippen LogP contribution in [0.5, 0.6) is 0 Å². The lowest BCUT2D eigenvalue weighted by Crippen LogP contribution is -2.45. The fourth-order valence-electron chi connectivity index (χ4n) is 3.52. The van der Waals surface area contributed by atoms with E-state index in [1.165, 1.54) is 11.1 Å². The topological polar surface area (TPSA) is 58.4 Å². The Balaban J connectivity index is 0.00000243. The molecule has 4 nitrogen and oxygen atoms in total. The number of amides is 1. The zero-order valence-corrected chi connectivity index (χ0v) is 16.0. The summed E-state index contributed by atoms with van der Waals surface area (Å²) in [6.07, 6.45) is 0.853. The van der Waals surface area contributed by atoms with Gasteiger partial charge in [-0.2, -0.15) is 0 Å². The number of hydrogen-bond donors (Lipinski definition) is 2. The lowest BCUT2D eigenvalue weighted by Gasteiger charge is -2.23. The number of rotatable bonds is 6. The van der Waals surface area contributed by atoms with Crippen LogP contribution in [0.4, 0.5) is 0 Å². The van der Waals surface area contributed by atoms with E-state index in [4.69, 9.17) is 5.73 Å². The maximum atomic E-state index is 12.5. The van der Waals surface area contributed by atoms with E-state index in [1.54, 1.807) is 0 Å². The lowest BCUT2D eigenvalue weighted by molar-refractivity contribution is -0.125. The van der Waals surface area contributed by atoms with Crippen LogP contribution in [0.1, 0.15) is 24.0 Å². The molecule has 0 aromatic heterocycles. The second-order valence-corrected chi connectivity index (χ2v) is 6.84. The molecule has 0 bridgehead atoms. The van der Waals surface area contributed by atoms with E-state index in [1.807, 2.05) is 43.3 Å². The second-order valence-electron chi connectivity index (χ2n) is 6.84. The number of nitrogens with one attached hydrogen (secondary N) is 1. The van der Waals surface area contributed by atoms with Crippen molar-refractivity contribution in [3.63, 3.8) is 0 Å². The smallest absolute Gasteiger partial charge is 0.237 e. The van der Waals surface area contributed by atoms with Crippen molar-refractivity contribution in [1.29, 1.82) is 0 Å². The number of likely N-dealkylation sites (tertiary alicyclic amines) is 1. The molecule has 1 aliphatic heterocycles. The highest BCUT2D eigenvalue weighted by Gasteiger charge is 2.35. The highest BCUT2D eigenvalue weighted by Crippen LogP contribution is 2.27. The number of nitrogens with zero attached hydrogens (tertiary/aromatic N) is 1. The molecule has 1 amide bonds. The molecule has 1 saturated heterocycles. The molecule has 1 aliphatic rings. The molecule has 1 unspecified atom stereocenters. The van der Waals surface area contributed by atoms with Gasteiger partial charge in [-0.05, 0) is 24.5 Å². The minimum Gasteiger partial charge on any atom is -0.354 e. The fraction of sp³-hybridized carbons (Fsp3) is 0.381. The van der Waals surface area contributed by atoms with Gasteiger partial charge in [-0.15, -0.1) is 12.4 Å². The first-order valence-corrected chi connectivity index (χ1v) is 9.01. The molecule has 0 spiro atoms. The van der Waals surface area contributed by atoms with Gasteiger partial charge in [-0.3, -0.25) is 9.69 Å². The Morgan fingerprint density at radius 1 is 1.12 bits per heavy atom. The summed E-state index contributed by atoms with van der Waals surface area (Å²) >= 11 is 0. The predicted octanol–water partition coefficient (Wildman–Crippen LogP) is 2.58. The van der Waals surface area contributed by atoms with Crippen molar-refractivity contribution in [2.75, 3.05) is 19.6 Å². The van der Waals surface area contributed by atoms with Crippen LogP contribution < -0.4 is 11.1 Å². The molecule has 5 heteroatoms. The first kappa shape index (κ1) is 20.4. The third-order valence-corrected chi connectivity index (χ3v) is 5.10. The molecule has 3 atom stereocenters. The van der Waals surface area contributed by atoms with Gasteiger partial charge in [0.25, 0.3) is 0 Å². The molecule has 0 saturated carbocycles. The van der Waals surface area contributed by atoms with Crippen molar-refractivity contribution < 1.29 is 4.79 Å². The van der Waals surface area contributed by atoms with Crippen molar-refractivity contribution >= 4 is 18.3 Å². The molecule has 0 radical (unpaired) electrons. The molecular formula is C21H28ClN3O. The second kappa shape index (κ2) is 9.72. The minimum atomic E-state index is -0.157. The minimum absolute atomic E-state index is 0.